The molecule has 3 heterocycles. The van der Waals surface area contributed by atoms with Crippen molar-refractivity contribution >= 4 is 29.4 Å². The first kappa shape index (κ1) is 22.4. The number of thiophene rings is 1. The number of benzene rings is 3. The molecule has 4 aliphatic rings. The third kappa shape index (κ3) is 3.20. The zero-order chi connectivity index (χ0) is 26.1. The number of hydrogen-bond donors (Lipinski definition) is 0. The van der Waals surface area contributed by atoms with E-state index in [0.29, 0.717) is 0 Å². The largest absolute Gasteiger partial charge is 0.272 e. The van der Waals surface area contributed by atoms with Crippen LogP contribution in [0, 0.1) is 11.8 Å². The second-order valence-corrected chi connectivity index (χ2v) is 11.1. The van der Waals surface area contributed by atoms with Crippen LogP contribution in [0.2, 0.25) is 0 Å². The molecule has 2 bridgehead atoms. The van der Waals surface area contributed by atoms with E-state index in [0.717, 1.165) is 49.1 Å². The predicted molar refractivity (Wildman–Crippen MR) is 150 cm³/mol. The number of nitrogens with zero attached hydrogens (tertiary/aromatic N) is 4. The van der Waals surface area contributed by atoms with Gasteiger partial charge in [0.1, 0.15) is 5.69 Å². The van der Waals surface area contributed by atoms with Gasteiger partial charge in [0, 0.05) is 23.6 Å². The van der Waals surface area contributed by atoms with E-state index in [-0.39, 0.29) is 23.7 Å². The molecule has 6 nitrogen and oxygen atoms in total. The van der Waals surface area contributed by atoms with Gasteiger partial charge in [0.15, 0.2) is 0 Å². The number of imide groups is 1. The number of carbonyl (C=O) groups excluding carboxylic acids is 2. The zero-order valence-corrected chi connectivity index (χ0v) is 21.5. The normalized spacial score (nSPS) is 22.8. The number of amides is 2. The van der Waals surface area contributed by atoms with Crippen molar-refractivity contribution < 1.29 is 9.59 Å². The van der Waals surface area contributed by atoms with Crippen molar-refractivity contribution in [2.24, 2.45) is 16.9 Å². The number of hydrogen-bond acceptors (Lipinski definition) is 5. The molecule has 0 spiro atoms. The van der Waals surface area contributed by atoms with E-state index < -0.39 is 11.8 Å². The highest BCUT2D eigenvalue weighted by atomic mass is 32.1. The van der Waals surface area contributed by atoms with Gasteiger partial charge in [0.2, 0.25) is 0 Å². The molecule has 2 atom stereocenters. The van der Waals surface area contributed by atoms with Crippen LogP contribution in [-0.2, 0) is 9.59 Å². The number of hydrazone groups is 1. The number of aromatic nitrogens is 2. The fraction of sp³-hybridized carbons (Fsp3) is 0.125. The monoisotopic (exact) mass is 526 g/mol. The van der Waals surface area contributed by atoms with Crippen molar-refractivity contribution in [3.8, 4) is 16.3 Å². The fourth-order valence-electron chi connectivity index (χ4n) is 6.69. The molecule has 188 valence electrons. The molecule has 1 fully saturated rings. The van der Waals surface area contributed by atoms with Gasteiger partial charge >= 0.3 is 0 Å². The lowest BCUT2D eigenvalue weighted by Gasteiger charge is -2.45. The lowest BCUT2D eigenvalue weighted by molar-refractivity contribution is -0.139. The summed E-state index contributed by atoms with van der Waals surface area (Å²) < 4.78 is 1.80. The van der Waals surface area contributed by atoms with Gasteiger partial charge in [-0.2, -0.15) is 15.2 Å². The molecule has 7 heteroatoms. The Morgan fingerprint density at radius 3 is 1.82 bits per heavy atom. The molecule has 3 aliphatic carbocycles. The standard InChI is InChI=1S/C32H22N4O2S/c37-31-28-26-21-11-4-5-12-22(21)27(24-14-7-6-13-23(24)26)29(28)32(38)36(31)33-17-19-18-35(20-9-2-1-3-10-20)34-30(19)25-15-8-16-39-25/h1-18,26-29H/b33-17+. The SMILES string of the molecule is O=C1C2C3c4ccccc4C(c4ccccc43)C2C(=O)N1/N=C/c1cn(-c2ccccc2)nc1-c1cccs1. The van der Waals surface area contributed by atoms with Crippen molar-refractivity contribution in [3.63, 3.8) is 0 Å². The minimum Gasteiger partial charge on any atom is -0.272 e. The summed E-state index contributed by atoms with van der Waals surface area (Å²) in [5, 5.41) is 12.5. The Morgan fingerprint density at radius 2 is 1.28 bits per heavy atom. The highest BCUT2D eigenvalue weighted by molar-refractivity contribution is 7.13. The Balaban J connectivity index is 1.20. The third-order valence-corrected chi connectivity index (χ3v) is 9.13. The first-order valence-electron chi connectivity index (χ1n) is 13.0. The smallest absolute Gasteiger partial charge is 0.254 e. The summed E-state index contributed by atoms with van der Waals surface area (Å²) in [5.74, 6) is -1.65. The molecule has 5 aromatic rings. The van der Waals surface area contributed by atoms with Crippen LogP contribution < -0.4 is 0 Å². The van der Waals surface area contributed by atoms with E-state index >= 15 is 0 Å². The van der Waals surface area contributed by atoms with Gasteiger partial charge < -0.3 is 0 Å². The Kier molecular flexibility index (Phi) is 4.84. The Bertz CT molecular complexity index is 1670. The summed E-state index contributed by atoms with van der Waals surface area (Å²) in [6.07, 6.45) is 3.50. The average molecular weight is 527 g/mol. The Labute approximate surface area is 228 Å². The maximum absolute atomic E-state index is 13.9. The summed E-state index contributed by atoms with van der Waals surface area (Å²) in [6, 6.07) is 30.3. The molecule has 9 rings (SSSR count). The van der Waals surface area contributed by atoms with E-state index in [1.807, 2.05) is 78.3 Å². The topological polar surface area (TPSA) is 67.6 Å². The highest BCUT2D eigenvalue weighted by Crippen LogP contribution is 2.60. The Hall–Kier alpha value is -4.62. The first-order valence-corrected chi connectivity index (χ1v) is 13.9. The van der Waals surface area contributed by atoms with Crippen LogP contribution in [0.1, 0.15) is 39.7 Å². The summed E-state index contributed by atoms with van der Waals surface area (Å²) >= 11 is 1.58. The van der Waals surface area contributed by atoms with E-state index in [1.165, 1.54) is 0 Å². The van der Waals surface area contributed by atoms with Crippen molar-refractivity contribution in [1.29, 1.82) is 0 Å². The molecular formula is C32H22N4O2S. The number of carbonyl (C=O) groups is 2. The van der Waals surface area contributed by atoms with Crippen molar-refractivity contribution in [1.82, 2.24) is 14.8 Å². The van der Waals surface area contributed by atoms with E-state index in [4.69, 9.17) is 5.10 Å². The van der Waals surface area contributed by atoms with Gasteiger partial charge in [-0.25, -0.2) is 4.68 Å². The molecule has 3 aromatic carbocycles. The van der Waals surface area contributed by atoms with Gasteiger partial charge in [-0.15, -0.1) is 11.3 Å². The van der Waals surface area contributed by atoms with Crippen LogP contribution in [0.25, 0.3) is 16.3 Å². The third-order valence-electron chi connectivity index (χ3n) is 8.26. The lowest BCUT2D eigenvalue weighted by Crippen LogP contribution is -2.41. The first-order chi connectivity index (χ1) is 19.2. The molecule has 0 saturated carbocycles. The second kappa shape index (κ2) is 8.44. The molecule has 2 unspecified atom stereocenters. The maximum Gasteiger partial charge on any atom is 0.254 e. The van der Waals surface area contributed by atoms with Crippen molar-refractivity contribution in [3.05, 3.63) is 130 Å². The molecule has 2 aromatic heterocycles. The van der Waals surface area contributed by atoms with Crippen LogP contribution in [-0.4, -0.2) is 32.8 Å². The van der Waals surface area contributed by atoms with Crippen LogP contribution in [0.3, 0.4) is 0 Å². The van der Waals surface area contributed by atoms with E-state index in [2.05, 4.69) is 29.4 Å². The minimum atomic E-state index is -0.451. The molecular weight excluding hydrogens is 504 g/mol. The molecule has 1 aliphatic heterocycles. The van der Waals surface area contributed by atoms with Gasteiger partial charge in [-0.05, 0) is 45.8 Å². The molecule has 39 heavy (non-hydrogen) atoms. The Morgan fingerprint density at radius 1 is 0.718 bits per heavy atom. The maximum atomic E-state index is 13.9. The summed E-state index contributed by atoms with van der Waals surface area (Å²) in [4.78, 5) is 28.8. The zero-order valence-electron chi connectivity index (χ0n) is 20.7. The summed E-state index contributed by atoms with van der Waals surface area (Å²) in [7, 11) is 0. The van der Waals surface area contributed by atoms with Gasteiger partial charge in [-0.1, -0.05) is 72.8 Å². The van der Waals surface area contributed by atoms with Crippen LogP contribution in [0.5, 0.6) is 0 Å². The quantitative estimate of drug-likeness (QED) is 0.219. The van der Waals surface area contributed by atoms with E-state index in [1.54, 1.807) is 22.2 Å². The molecule has 2 amide bonds. The van der Waals surface area contributed by atoms with Gasteiger partial charge in [0.25, 0.3) is 11.8 Å². The molecule has 1 saturated heterocycles. The van der Waals surface area contributed by atoms with Crippen LogP contribution in [0.4, 0.5) is 0 Å². The highest BCUT2D eigenvalue weighted by Gasteiger charge is 2.61. The summed E-state index contributed by atoms with van der Waals surface area (Å²) in [6.45, 7) is 0. The van der Waals surface area contributed by atoms with E-state index in [9.17, 15) is 9.59 Å². The second-order valence-electron chi connectivity index (χ2n) is 10.2. The molecule has 0 N–H and O–H groups in total. The average Bonchev–Trinajstić information content (AvgIpc) is 3.72. The van der Waals surface area contributed by atoms with Crippen molar-refractivity contribution in [2.75, 3.05) is 0 Å². The van der Waals surface area contributed by atoms with Gasteiger partial charge in [0.05, 0.1) is 28.6 Å². The number of rotatable bonds is 4. The van der Waals surface area contributed by atoms with Gasteiger partial charge in [-0.3, -0.25) is 9.59 Å². The lowest BCUT2D eigenvalue weighted by atomic mass is 9.55. The summed E-state index contributed by atoms with van der Waals surface area (Å²) in [5.41, 5.74) is 7.02. The van der Waals surface area contributed by atoms with Crippen molar-refractivity contribution in [2.45, 2.75) is 11.8 Å². The minimum absolute atomic E-state index is 0.147. The van der Waals surface area contributed by atoms with Crippen LogP contribution in [0.15, 0.2) is 108 Å². The number of para-hydroxylation sites is 1. The fourth-order valence-corrected chi connectivity index (χ4v) is 7.43. The molecule has 0 radical (unpaired) electrons. The predicted octanol–water partition coefficient (Wildman–Crippen LogP) is 5.83. The van der Waals surface area contributed by atoms with Crippen LogP contribution >= 0.6 is 11.3 Å².